The molecule has 2 fully saturated rings. The maximum atomic E-state index is 9.02. The van der Waals surface area contributed by atoms with Crippen LogP contribution in [-0.2, 0) is 0 Å². The van der Waals surface area contributed by atoms with Crippen LogP contribution in [0, 0.1) is 5.41 Å². The molecule has 11 heavy (non-hydrogen) atoms. The van der Waals surface area contributed by atoms with E-state index in [0.29, 0.717) is 12.0 Å². The number of nitrogens with one attached hydrogen (secondary N) is 1. The Morgan fingerprint density at radius 3 is 2.45 bits per heavy atom. The summed E-state index contributed by atoms with van der Waals surface area (Å²) in [6.07, 6.45) is 6.54. The van der Waals surface area contributed by atoms with Crippen LogP contribution in [0.4, 0.5) is 0 Å². The minimum absolute atomic E-state index is 0.301. The van der Waals surface area contributed by atoms with Gasteiger partial charge in [0.15, 0.2) is 0 Å². The topological polar surface area (TPSA) is 32.3 Å². The fraction of sp³-hybridized carbons (Fsp3) is 1.00. The summed E-state index contributed by atoms with van der Waals surface area (Å²) in [4.78, 5) is 0. The number of aliphatic hydroxyl groups excluding tert-OH is 1. The lowest BCUT2D eigenvalue weighted by Gasteiger charge is -2.28. The molecule has 0 aromatic carbocycles. The zero-order chi connectivity index (χ0) is 7.73. The minimum Gasteiger partial charge on any atom is -0.396 e. The van der Waals surface area contributed by atoms with Gasteiger partial charge >= 0.3 is 0 Å². The van der Waals surface area contributed by atoms with Crippen molar-refractivity contribution in [2.45, 2.75) is 38.1 Å². The maximum Gasteiger partial charge on any atom is 0.0499 e. The number of hydrogen-bond donors (Lipinski definition) is 2. The summed E-state index contributed by atoms with van der Waals surface area (Å²) in [5.41, 5.74) is 0.301. The Balaban J connectivity index is 1.65. The largest absolute Gasteiger partial charge is 0.396 e. The van der Waals surface area contributed by atoms with E-state index in [1.807, 2.05) is 0 Å². The average molecular weight is 155 g/mol. The van der Waals surface area contributed by atoms with Gasteiger partial charge in [0.25, 0.3) is 0 Å². The molecule has 0 amide bonds. The molecule has 0 aromatic heterocycles. The van der Waals surface area contributed by atoms with Crippen molar-refractivity contribution in [2.24, 2.45) is 5.41 Å². The van der Waals surface area contributed by atoms with E-state index in [2.05, 4.69) is 5.32 Å². The van der Waals surface area contributed by atoms with Gasteiger partial charge in [0.2, 0.25) is 0 Å². The second-order valence-electron chi connectivity index (χ2n) is 4.17. The molecular weight excluding hydrogens is 138 g/mol. The summed E-state index contributed by atoms with van der Waals surface area (Å²) >= 11 is 0. The van der Waals surface area contributed by atoms with Crippen molar-refractivity contribution in [3.8, 4) is 0 Å². The van der Waals surface area contributed by atoms with E-state index in [0.717, 1.165) is 12.6 Å². The minimum atomic E-state index is 0.301. The molecule has 0 unspecified atom stereocenters. The summed E-state index contributed by atoms with van der Waals surface area (Å²) in [5, 5.41) is 12.5. The molecule has 2 N–H and O–H groups in total. The van der Waals surface area contributed by atoms with E-state index < -0.39 is 0 Å². The highest BCUT2D eigenvalue weighted by molar-refractivity contribution is 4.95. The van der Waals surface area contributed by atoms with Crippen molar-refractivity contribution in [2.75, 3.05) is 13.2 Å². The predicted octanol–water partition coefficient (Wildman–Crippen LogP) is 0.901. The van der Waals surface area contributed by atoms with Crippen LogP contribution in [0.3, 0.4) is 0 Å². The molecule has 0 bridgehead atoms. The van der Waals surface area contributed by atoms with Crippen LogP contribution in [0.2, 0.25) is 0 Å². The second kappa shape index (κ2) is 2.76. The Hall–Kier alpha value is -0.0800. The zero-order valence-corrected chi connectivity index (χ0v) is 6.97. The number of hydrogen-bond acceptors (Lipinski definition) is 2. The normalized spacial score (nSPS) is 28.1. The van der Waals surface area contributed by atoms with Crippen LogP contribution in [0.1, 0.15) is 32.1 Å². The maximum absolute atomic E-state index is 9.02. The van der Waals surface area contributed by atoms with E-state index in [9.17, 15) is 0 Å². The third kappa shape index (κ3) is 1.57. The smallest absolute Gasteiger partial charge is 0.0499 e. The molecule has 2 rings (SSSR count). The third-order valence-electron chi connectivity index (χ3n) is 3.16. The lowest BCUT2D eigenvalue weighted by Crippen LogP contribution is -2.39. The highest BCUT2D eigenvalue weighted by atomic mass is 16.3. The highest BCUT2D eigenvalue weighted by Crippen LogP contribution is 2.44. The van der Waals surface area contributed by atoms with Crippen molar-refractivity contribution >= 4 is 0 Å². The van der Waals surface area contributed by atoms with Gasteiger partial charge < -0.3 is 10.4 Å². The van der Waals surface area contributed by atoms with Crippen LogP contribution >= 0.6 is 0 Å². The molecular formula is C9H17NO. The zero-order valence-electron chi connectivity index (χ0n) is 6.97. The average Bonchev–Trinajstić information content (AvgIpc) is 2.66. The van der Waals surface area contributed by atoms with Crippen LogP contribution in [-0.4, -0.2) is 24.3 Å². The van der Waals surface area contributed by atoms with Gasteiger partial charge in [-0.15, -0.1) is 0 Å². The first-order valence-corrected chi connectivity index (χ1v) is 4.69. The van der Waals surface area contributed by atoms with Gasteiger partial charge in [0, 0.05) is 24.6 Å². The predicted molar refractivity (Wildman–Crippen MR) is 44.4 cm³/mol. The molecule has 0 aromatic rings. The van der Waals surface area contributed by atoms with E-state index in [-0.39, 0.29) is 0 Å². The van der Waals surface area contributed by atoms with Gasteiger partial charge in [0.1, 0.15) is 0 Å². The monoisotopic (exact) mass is 155 g/mol. The molecule has 64 valence electrons. The molecule has 2 aliphatic rings. The molecule has 0 atom stereocenters. The lowest BCUT2D eigenvalue weighted by atomic mass is 9.92. The molecule has 0 aliphatic heterocycles. The molecule has 2 saturated carbocycles. The molecule has 2 nitrogen and oxygen atoms in total. The Morgan fingerprint density at radius 1 is 1.36 bits per heavy atom. The summed E-state index contributed by atoms with van der Waals surface area (Å²) in [6, 6.07) is 0.777. The van der Waals surface area contributed by atoms with Crippen LogP contribution < -0.4 is 5.32 Å². The standard InChI is InChI=1S/C9H17NO/c11-7-9(4-5-9)6-10-8-2-1-3-8/h8,10-11H,1-7H2. The van der Waals surface area contributed by atoms with Crippen LogP contribution in [0.15, 0.2) is 0 Å². The van der Waals surface area contributed by atoms with Gasteiger partial charge in [-0.2, -0.15) is 0 Å². The molecule has 2 aliphatic carbocycles. The van der Waals surface area contributed by atoms with Crippen molar-refractivity contribution < 1.29 is 5.11 Å². The van der Waals surface area contributed by atoms with Gasteiger partial charge in [-0.25, -0.2) is 0 Å². The Morgan fingerprint density at radius 2 is 2.09 bits per heavy atom. The third-order valence-corrected chi connectivity index (χ3v) is 3.16. The Labute approximate surface area is 68.0 Å². The lowest BCUT2D eigenvalue weighted by molar-refractivity contribution is 0.195. The number of aliphatic hydroxyl groups is 1. The van der Waals surface area contributed by atoms with E-state index >= 15 is 0 Å². The van der Waals surface area contributed by atoms with Crippen LogP contribution in [0.25, 0.3) is 0 Å². The molecule has 0 heterocycles. The van der Waals surface area contributed by atoms with E-state index in [1.165, 1.54) is 32.1 Å². The Bertz CT molecular complexity index is 138. The first kappa shape index (κ1) is 7.56. The fourth-order valence-electron chi connectivity index (χ4n) is 1.54. The summed E-state index contributed by atoms with van der Waals surface area (Å²) < 4.78 is 0. The van der Waals surface area contributed by atoms with Crippen molar-refractivity contribution in [1.29, 1.82) is 0 Å². The first-order valence-electron chi connectivity index (χ1n) is 4.69. The van der Waals surface area contributed by atoms with Gasteiger partial charge in [-0.05, 0) is 25.7 Å². The fourth-order valence-corrected chi connectivity index (χ4v) is 1.54. The molecule has 0 radical (unpaired) electrons. The quantitative estimate of drug-likeness (QED) is 0.632. The van der Waals surface area contributed by atoms with Gasteiger partial charge in [0.05, 0.1) is 0 Å². The van der Waals surface area contributed by atoms with E-state index in [1.54, 1.807) is 0 Å². The van der Waals surface area contributed by atoms with Crippen molar-refractivity contribution in [1.82, 2.24) is 5.32 Å². The summed E-state index contributed by atoms with van der Waals surface area (Å²) in [5.74, 6) is 0. The van der Waals surface area contributed by atoms with Crippen molar-refractivity contribution in [3.05, 3.63) is 0 Å². The summed E-state index contributed by atoms with van der Waals surface area (Å²) in [6.45, 7) is 1.43. The first-order chi connectivity index (χ1) is 5.35. The molecule has 2 heteroatoms. The summed E-state index contributed by atoms with van der Waals surface area (Å²) in [7, 11) is 0. The van der Waals surface area contributed by atoms with E-state index in [4.69, 9.17) is 5.11 Å². The highest BCUT2D eigenvalue weighted by Gasteiger charge is 2.42. The molecule has 0 spiro atoms. The van der Waals surface area contributed by atoms with Crippen LogP contribution in [0.5, 0.6) is 0 Å². The van der Waals surface area contributed by atoms with Gasteiger partial charge in [-0.3, -0.25) is 0 Å². The van der Waals surface area contributed by atoms with Gasteiger partial charge in [-0.1, -0.05) is 6.42 Å². The van der Waals surface area contributed by atoms with Crippen molar-refractivity contribution in [3.63, 3.8) is 0 Å². The molecule has 0 saturated heterocycles. The second-order valence-corrected chi connectivity index (χ2v) is 4.17. The SMILES string of the molecule is OCC1(CNC2CCC2)CC1. The number of rotatable bonds is 4. The Kier molecular flexibility index (Phi) is 1.90.